The molecule has 0 aliphatic carbocycles. The predicted octanol–water partition coefficient (Wildman–Crippen LogP) is 0.452. The normalized spacial score (nSPS) is 8.89. The Balaban J connectivity index is 3.32. The quantitative estimate of drug-likeness (QED) is 0.510. The molecule has 0 atom stereocenters. The maximum absolute atomic E-state index is 10.5. The van der Waals surface area contributed by atoms with E-state index in [2.05, 4.69) is 4.42 Å². The van der Waals surface area contributed by atoms with Crippen molar-refractivity contribution in [3.63, 3.8) is 0 Å². The fourth-order valence-electron chi connectivity index (χ4n) is 0.468. The molecule has 0 radical (unpaired) electrons. The average Bonchev–Trinajstić information content (AvgIpc) is 1.89. The van der Waals surface area contributed by atoms with Crippen LogP contribution < -0.4 is 5.63 Å². The molecular weight excluding hydrogens is 120 g/mol. The highest BCUT2D eigenvalue weighted by atomic mass is 16.4. The zero-order valence-corrected chi connectivity index (χ0v) is 4.53. The maximum atomic E-state index is 10.5. The van der Waals surface area contributed by atoms with Crippen molar-refractivity contribution in [2.45, 2.75) is 0 Å². The molecule has 0 aliphatic rings. The van der Waals surface area contributed by atoms with Crippen LogP contribution in [0.5, 0.6) is 0 Å². The Kier molecular flexibility index (Phi) is 1.44. The maximum Gasteiger partial charge on any atom is 0.346 e. The van der Waals surface area contributed by atoms with E-state index in [1.54, 1.807) is 0 Å². The summed E-state index contributed by atoms with van der Waals surface area (Å²) in [6.45, 7) is 0. The molecular formula is C6H4O3. The molecule has 0 saturated carbocycles. The van der Waals surface area contributed by atoms with E-state index in [1.807, 2.05) is 0 Å². The van der Waals surface area contributed by atoms with Crippen molar-refractivity contribution in [3.8, 4) is 0 Å². The molecule has 0 fully saturated rings. The number of carbonyl (C=O) groups is 1. The zero-order valence-electron chi connectivity index (χ0n) is 4.53. The minimum absolute atomic E-state index is 0.0532. The monoisotopic (exact) mass is 124 g/mol. The molecule has 3 heteroatoms. The van der Waals surface area contributed by atoms with Crippen molar-refractivity contribution in [2.75, 3.05) is 0 Å². The third-order valence-corrected chi connectivity index (χ3v) is 0.892. The number of hydrogen-bond donors (Lipinski definition) is 0. The lowest BCUT2D eigenvalue weighted by atomic mass is 10.3. The van der Waals surface area contributed by atoms with Gasteiger partial charge in [0.1, 0.15) is 0 Å². The van der Waals surface area contributed by atoms with E-state index < -0.39 is 5.63 Å². The van der Waals surface area contributed by atoms with Crippen molar-refractivity contribution in [2.24, 2.45) is 0 Å². The van der Waals surface area contributed by atoms with Crippen LogP contribution in [0, 0.1) is 0 Å². The Morgan fingerprint density at radius 1 is 1.56 bits per heavy atom. The van der Waals surface area contributed by atoms with E-state index >= 15 is 0 Å². The smallest absolute Gasteiger partial charge is 0.346 e. The van der Waals surface area contributed by atoms with Crippen LogP contribution in [0.15, 0.2) is 27.6 Å². The molecule has 1 aromatic rings. The van der Waals surface area contributed by atoms with Crippen LogP contribution in [0.25, 0.3) is 0 Å². The third-order valence-electron chi connectivity index (χ3n) is 0.892. The van der Waals surface area contributed by atoms with Crippen molar-refractivity contribution in [1.82, 2.24) is 0 Å². The van der Waals surface area contributed by atoms with E-state index in [9.17, 15) is 9.59 Å². The first-order valence-electron chi connectivity index (χ1n) is 2.37. The molecule has 3 nitrogen and oxygen atoms in total. The first-order chi connectivity index (χ1) is 4.34. The highest BCUT2D eigenvalue weighted by Gasteiger charge is 1.93. The lowest BCUT2D eigenvalue weighted by Gasteiger charge is -1.81. The lowest BCUT2D eigenvalue weighted by molar-refractivity contribution is 0.111. The standard InChI is InChI=1S/C6H4O3/c7-4-5-2-1-3-9-6(5)8/h1-4H. The fraction of sp³-hybridized carbons (Fsp3) is 0. The summed E-state index contributed by atoms with van der Waals surface area (Å²) in [5.74, 6) is 0. The van der Waals surface area contributed by atoms with E-state index in [1.165, 1.54) is 18.4 Å². The lowest BCUT2D eigenvalue weighted by Crippen LogP contribution is -2.03. The van der Waals surface area contributed by atoms with Crippen LogP contribution in [-0.2, 0) is 0 Å². The SMILES string of the molecule is O=Cc1cccoc1=O. The summed E-state index contributed by atoms with van der Waals surface area (Å²) in [6.07, 6.45) is 1.70. The van der Waals surface area contributed by atoms with Gasteiger partial charge in [0.2, 0.25) is 0 Å². The molecule has 0 N–H and O–H groups in total. The van der Waals surface area contributed by atoms with Crippen LogP contribution in [0.4, 0.5) is 0 Å². The molecule has 1 rings (SSSR count). The van der Waals surface area contributed by atoms with Gasteiger partial charge in [-0.25, -0.2) is 4.79 Å². The Labute approximate surface area is 50.9 Å². The molecule has 0 spiro atoms. The van der Waals surface area contributed by atoms with Crippen LogP contribution in [-0.4, -0.2) is 6.29 Å². The molecule has 0 saturated heterocycles. The van der Waals surface area contributed by atoms with Gasteiger partial charge in [-0.3, -0.25) is 4.79 Å². The van der Waals surface area contributed by atoms with Crippen molar-refractivity contribution in [3.05, 3.63) is 34.4 Å². The molecule has 0 aromatic carbocycles. The summed E-state index contributed by atoms with van der Waals surface area (Å²) in [5, 5.41) is 0. The predicted molar refractivity (Wildman–Crippen MR) is 30.4 cm³/mol. The van der Waals surface area contributed by atoms with Gasteiger partial charge in [-0.1, -0.05) is 0 Å². The van der Waals surface area contributed by atoms with E-state index in [4.69, 9.17) is 0 Å². The van der Waals surface area contributed by atoms with Crippen LogP contribution in [0.3, 0.4) is 0 Å². The highest BCUT2D eigenvalue weighted by molar-refractivity contribution is 5.73. The third kappa shape index (κ3) is 1.05. The van der Waals surface area contributed by atoms with Crippen LogP contribution in [0.2, 0.25) is 0 Å². The minimum atomic E-state index is -0.590. The van der Waals surface area contributed by atoms with Crippen LogP contribution in [0.1, 0.15) is 10.4 Å². The van der Waals surface area contributed by atoms with Crippen molar-refractivity contribution < 1.29 is 9.21 Å². The summed E-state index contributed by atoms with van der Waals surface area (Å²) in [7, 11) is 0. The highest BCUT2D eigenvalue weighted by Crippen LogP contribution is 1.83. The molecule has 1 aromatic heterocycles. The molecule has 9 heavy (non-hydrogen) atoms. The summed E-state index contributed by atoms with van der Waals surface area (Å²) in [5.41, 5.74) is -0.537. The number of hydrogen-bond acceptors (Lipinski definition) is 3. The largest absolute Gasteiger partial charge is 0.431 e. The molecule has 0 bridgehead atoms. The number of carbonyl (C=O) groups excluding carboxylic acids is 1. The molecule has 0 unspecified atom stereocenters. The summed E-state index contributed by atoms with van der Waals surface area (Å²) < 4.78 is 4.36. The van der Waals surface area contributed by atoms with Gasteiger partial charge in [-0.05, 0) is 12.1 Å². The first kappa shape index (κ1) is 5.75. The van der Waals surface area contributed by atoms with E-state index in [-0.39, 0.29) is 5.56 Å². The minimum Gasteiger partial charge on any atom is -0.431 e. The summed E-state index contributed by atoms with van der Waals surface area (Å²) in [4.78, 5) is 20.4. The molecule has 1 heterocycles. The molecule has 0 amide bonds. The van der Waals surface area contributed by atoms with E-state index in [0.717, 1.165) is 0 Å². The van der Waals surface area contributed by atoms with Crippen molar-refractivity contribution >= 4 is 6.29 Å². The second-order valence-corrected chi connectivity index (χ2v) is 1.47. The summed E-state index contributed by atoms with van der Waals surface area (Å²) in [6, 6.07) is 2.89. The first-order valence-corrected chi connectivity index (χ1v) is 2.37. The Morgan fingerprint density at radius 3 is 2.78 bits per heavy atom. The second kappa shape index (κ2) is 2.26. The van der Waals surface area contributed by atoms with Gasteiger partial charge >= 0.3 is 5.63 Å². The average molecular weight is 124 g/mol. The van der Waals surface area contributed by atoms with Gasteiger partial charge in [0.25, 0.3) is 0 Å². The fourth-order valence-corrected chi connectivity index (χ4v) is 0.468. The molecule has 0 aliphatic heterocycles. The van der Waals surface area contributed by atoms with E-state index in [0.29, 0.717) is 6.29 Å². The Bertz CT molecular complexity index is 261. The van der Waals surface area contributed by atoms with Gasteiger partial charge in [0.15, 0.2) is 6.29 Å². The Morgan fingerprint density at radius 2 is 2.33 bits per heavy atom. The number of rotatable bonds is 1. The topological polar surface area (TPSA) is 47.3 Å². The summed E-state index contributed by atoms with van der Waals surface area (Å²) >= 11 is 0. The van der Waals surface area contributed by atoms with Gasteiger partial charge in [0, 0.05) is 0 Å². The van der Waals surface area contributed by atoms with Crippen molar-refractivity contribution in [1.29, 1.82) is 0 Å². The zero-order chi connectivity index (χ0) is 6.69. The number of aldehydes is 1. The van der Waals surface area contributed by atoms with Gasteiger partial charge in [-0.15, -0.1) is 0 Å². The Hall–Kier alpha value is -1.38. The van der Waals surface area contributed by atoms with Gasteiger partial charge in [0.05, 0.1) is 11.8 Å². The van der Waals surface area contributed by atoms with Gasteiger partial charge < -0.3 is 4.42 Å². The van der Waals surface area contributed by atoms with Crippen LogP contribution >= 0.6 is 0 Å². The van der Waals surface area contributed by atoms with Gasteiger partial charge in [-0.2, -0.15) is 0 Å². The molecule has 46 valence electrons. The second-order valence-electron chi connectivity index (χ2n) is 1.47.